The predicted molar refractivity (Wildman–Crippen MR) is 73.2 cm³/mol. The van der Waals surface area contributed by atoms with Gasteiger partial charge in [-0.15, -0.1) is 0 Å². The van der Waals surface area contributed by atoms with Crippen LogP contribution in [0.3, 0.4) is 0 Å². The number of benzene rings is 1. The Morgan fingerprint density at radius 1 is 1.32 bits per heavy atom. The number of hydroxylamine groups is 1. The van der Waals surface area contributed by atoms with E-state index in [9.17, 15) is 15.0 Å². The fourth-order valence-corrected chi connectivity index (χ4v) is 2.01. The quantitative estimate of drug-likeness (QED) is 0.550. The SMILES string of the molecule is O=C(NO[C@H]1C[C@@H](O)[C@H](O)[C@@H](CO)O1)OCc1ccccc1. The summed E-state index contributed by atoms with van der Waals surface area (Å²) in [5, 5.41) is 28.2. The molecule has 1 amide bonds. The molecule has 0 aromatic heterocycles. The predicted octanol–water partition coefficient (Wildman–Crippen LogP) is -0.327. The molecule has 1 saturated heterocycles. The van der Waals surface area contributed by atoms with Crippen LogP contribution in [0.5, 0.6) is 0 Å². The van der Waals surface area contributed by atoms with Crippen molar-refractivity contribution in [3.8, 4) is 0 Å². The van der Waals surface area contributed by atoms with Gasteiger partial charge in [0.25, 0.3) is 0 Å². The zero-order valence-corrected chi connectivity index (χ0v) is 11.8. The molecule has 0 unspecified atom stereocenters. The first-order valence-corrected chi connectivity index (χ1v) is 6.85. The second-order valence-corrected chi connectivity index (χ2v) is 4.86. The molecule has 1 heterocycles. The van der Waals surface area contributed by atoms with Crippen molar-refractivity contribution in [3.05, 3.63) is 35.9 Å². The highest BCUT2D eigenvalue weighted by atomic mass is 16.8. The minimum Gasteiger partial charge on any atom is -0.443 e. The Balaban J connectivity index is 1.72. The summed E-state index contributed by atoms with van der Waals surface area (Å²) < 4.78 is 10.1. The Kier molecular flexibility index (Phi) is 6.10. The van der Waals surface area contributed by atoms with Crippen molar-refractivity contribution in [2.24, 2.45) is 0 Å². The average molecular weight is 313 g/mol. The monoisotopic (exact) mass is 313 g/mol. The van der Waals surface area contributed by atoms with E-state index in [0.717, 1.165) is 5.56 Å². The molecular formula is C14H19NO7. The molecule has 0 bridgehead atoms. The van der Waals surface area contributed by atoms with Crippen molar-refractivity contribution in [3.63, 3.8) is 0 Å². The van der Waals surface area contributed by atoms with Crippen molar-refractivity contribution in [1.82, 2.24) is 5.48 Å². The van der Waals surface area contributed by atoms with Crippen molar-refractivity contribution in [1.29, 1.82) is 0 Å². The maximum atomic E-state index is 11.5. The van der Waals surface area contributed by atoms with Crippen molar-refractivity contribution in [2.75, 3.05) is 6.61 Å². The lowest BCUT2D eigenvalue weighted by Gasteiger charge is -2.35. The molecule has 0 spiro atoms. The topological polar surface area (TPSA) is 117 Å². The summed E-state index contributed by atoms with van der Waals surface area (Å²) >= 11 is 0. The van der Waals surface area contributed by atoms with Gasteiger partial charge in [-0.05, 0) is 5.56 Å². The number of aliphatic hydroxyl groups excluding tert-OH is 3. The third-order valence-electron chi connectivity index (χ3n) is 3.20. The molecule has 8 heteroatoms. The Hall–Kier alpha value is -1.71. The summed E-state index contributed by atoms with van der Waals surface area (Å²) in [6.07, 6.45) is -5.13. The number of rotatable bonds is 5. The van der Waals surface area contributed by atoms with Gasteiger partial charge in [0.15, 0.2) is 6.29 Å². The Morgan fingerprint density at radius 2 is 2.05 bits per heavy atom. The molecule has 8 nitrogen and oxygen atoms in total. The van der Waals surface area contributed by atoms with Crippen molar-refractivity contribution >= 4 is 6.09 Å². The number of hydrogen-bond acceptors (Lipinski definition) is 7. The second kappa shape index (κ2) is 8.06. The van der Waals surface area contributed by atoms with Gasteiger partial charge in [0.05, 0.1) is 12.7 Å². The van der Waals surface area contributed by atoms with Crippen LogP contribution >= 0.6 is 0 Å². The van der Waals surface area contributed by atoms with Gasteiger partial charge in [-0.2, -0.15) is 5.48 Å². The summed E-state index contributed by atoms with van der Waals surface area (Å²) in [5.41, 5.74) is 2.87. The lowest BCUT2D eigenvalue weighted by molar-refractivity contribution is -0.270. The number of carbonyl (C=O) groups is 1. The van der Waals surface area contributed by atoms with Gasteiger partial charge in [0.1, 0.15) is 18.8 Å². The molecule has 1 aliphatic heterocycles. The molecule has 0 saturated carbocycles. The second-order valence-electron chi connectivity index (χ2n) is 4.86. The lowest BCUT2D eigenvalue weighted by atomic mass is 10.0. The van der Waals surface area contributed by atoms with Gasteiger partial charge in [0, 0.05) is 6.42 Å². The molecule has 1 fully saturated rings. The zero-order valence-electron chi connectivity index (χ0n) is 11.8. The Labute approximate surface area is 127 Å². The smallest absolute Gasteiger partial charge is 0.431 e. The van der Waals surface area contributed by atoms with Crippen LogP contribution in [-0.4, -0.2) is 52.6 Å². The average Bonchev–Trinajstić information content (AvgIpc) is 2.54. The minimum atomic E-state index is -1.20. The summed E-state index contributed by atoms with van der Waals surface area (Å²) in [6, 6.07) is 9.11. The van der Waals surface area contributed by atoms with Gasteiger partial charge in [-0.1, -0.05) is 30.3 Å². The number of nitrogens with one attached hydrogen (secondary N) is 1. The summed E-state index contributed by atoms with van der Waals surface area (Å²) in [4.78, 5) is 16.4. The summed E-state index contributed by atoms with van der Waals surface area (Å²) in [5.74, 6) is 0. The van der Waals surface area contributed by atoms with Gasteiger partial charge < -0.3 is 24.8 Å². The molecule has 0 radical (unpaired) electrons. The summed E-state index contributed by atoms with van der Waals surface area (Å²) in [6.45, 7) is -0.390. The largest absolute Gasteiger partial charge is 0.443 e. The molecule has 2 rings (SSSR count). The van der Waals surface area contributed by atoms with Crippen LogP contribution in [0.2, 0.25) is 0 Å². The molecule has 1 aromatic carbocycles. The van der Waals surface area contributed by atoms with Gasteiger partial charge >= 0.3 is 6.09 Å². The molecule has 122 valence electrons. The van der Waals surface area contributed by atoms with Crippen LogP contribution < -0.4 is 5.48 Å². The molecule has 4 atom stereocenters. The Bertz CT molecular complexity index is 470. The third kappa shape index (κ3) is 4.65. The molecule has 1 aromatic rings. The van der Waals surface area contributed by atoms with E-state index >= 15 is 0 Å². The molecule has 0 aliphatic carbocycles. The van der Waals surface area contributed by atoms with E-state index in [0.29, 0.717) is 0 Å². The Morgan fingerprint density at radius 3 is 2.73 bits per heavy atom. The zero-order chi connectivity index (χ0) is 15.9. The van der Waals surface area contributed by atoms with E-state index < -0.39 is 37.3 Å². The number of hydrogen-bond donors (Lipinski definition) is 4. The number of ether oxygens (including phenoxy) is 2. The van der Waals surface area contributed by atoms with Gasteiger partial charge in [0.2, 0.25) is 0 Å². The van der Waals surface area contributed by atoms with Crippen LogP contribution in [0, 0.1) is 0 Å². The van der Waals surface area contributed by atoms with E-state index in [-0.39, 0.29) is 13.0 Å². The number of carbonyl (C=O) groups excluding carboxylic acids is 1. The van der Waals surface area contributed by atoms with Crippen LogP contribution in [0.1, 0.15) is 12.0 Å². The normalized spacial score (nSPS) is 28.1. The van der Waals surface area contributed by atoms with Crippen LogP contribution in [-0.2, 0) is 20.9 Å². The number of amides is 1. The summed E-state index contributed by atoms with van der Waals surface area (Å²) in [7, 11) is 0. The van der Waals surface area contributed by atoms with E-state index in [4.69, 9.17) is 19.4 Å². The highest BCUT2D eigenvalue weighted by Crippen LogP contribution is 2.20. The molecular weight excluding hydrogens is 294 g/mol. The maximum absolute atomic E-state index is 11.5. The fourth-order valence-electron chi connectivity index (χ4n) is 2.01. The maximum Gasteiger partial charge on any atom is 0.431 e. The molecule has 4 N–H and O–H groups in total. The van der Waals surface area contributed by atoms with Crippen molar-refractivity contribution in [2.45, 2.75) is 37.6 Å². The number of aliphatic hydroxyl groups is 3. The van der Waals surface area contributed by atoms with Crippen LogP contribution in [0.25, 0.3) is 0 Å². The molecule has 1 aliphatic rings. The van der Waals surface area contributed by atoms with Gasteiger partial charge in [-0.3, -0.25) is 0 Å². The van der Waals surface area contributed by atoms with Gasteiger partial charge in [-0.25, -0.2) is 9.63 Å². The first-order valence-electron chi connectivity index (χ1n) is 6.85. The standard InChI is InChI=1S/C14H19NO7/c16-7-11-13(18)10(17)6-12(21-11)22-15-14(19)20-8-9-4-2-1-3-5-9/h1-5,10-13,16-18H,6-8H2,(H,15,19)/t10-,11-,12+,13+/m1/s1. The molecule has 22 heavy (non-hydrogen) atoms. The van der Waals surface area contributed by atoms with E-state index in [2.05, 4.69) is 0 Å². The van der Waals surface area contributed by atoms with E-state index in [1.54, 1.807) is 0 Å². The lowest BCUT2D eigenvalue weighted by Crippen LogP contribution is -2.51. The van der Waals surface area contributed by atoms with Crippen LogP contribution in [0.15, 0.2) is 30.3 Å². The highest BCUT2D eigenvalue weighted by molar-refractivity contribution is 5.65. The minimum absolute atomic E-state index is 0.0450. The third-order valence-corrected chi connectivity index (χ3v) is 3.20. The first kappa shape index (κ1) is 16.7. The fraction of sp³-hybridized carbons (Fsp3) is 0.500. The van der Waals surface area contributed by atoms with Crippen molar-refractivity contribution < 1.29 is 34.4 Å². The van der Waals surface area contributed by atoms with E-state index in [1.807, 2.05) is 35.8 Å². The first-order chi connectivity index (χ1) is 10.6. The highest BCUT2D eigenvalue weighted by Gasteiger charge is 2.37. The van der Waals surface area contributed by atoms with Crippen LogP contribution in [0.4, 0.5) is 4.79 Å². The van der Waals surface area contributed by atoms with E-state index in [1.165, 1.54) is 0 Å².